The monoisotopic (exact) mass is 188 g/mol. The highest BCUT2D eigenvalue weighted by molar-refractivity contribution is 6.39. The molecule has 2 atom stereocenters. The Morgan fingerprint density at radius 1 is 1.62 bits per heavy atom. The van der Waals surface area contributed by atoms with Crippen molar-refractivity contribution in [1.29, 1.82) is 0 Å². The molecule has 0 aliphatic carbocycles. The molecule has 0 spiro atoms. The van der Waals surface area contributed by atoms with Gasteiger partial charge in [-0.1, -0.05) is 11.6 Å². The highest BCUT2D eigenvalue weighted by Crippen LogP contribution is 2.27. The summed E-state index contributed by atoms with van der Waals surface area (Å²) in [7, 11) is -2.39. The SMILES string of the molecule is CC1=CC(C)N(B(F)F)C1CCN. The fourth-order valence-electron chi connectivity index (χ4n) is 1.94. The zero-order valence-corrected chi connectivity index (χ0v) is 8.00. The fourth-order valence-corrected chi connectivity index (χ4v) is 1.94. The van der Waals surface area contributed by atoms with Gasteiger partial charge in [0, 0.05) is 12.1 Å². The van der Waals surface area contributed by atoms with Crippen LogP contribution in [0.2, 0.25) is 0 Å². The van der Waals surface area contributed by atoms with Gasteiger partial charge in [-0.25, -0.2) is 0 Å². The van der Waals surface area contributed by atoms with E-state index in [1.807, 2.05) is 13.0 Å². The van der Waals surface area contributed by atoms with E-state index in [2.05, 4.69) is 0 Å². The van der Waals surface area contributed by atoms with Crippen LogP contribution in [0.25, 0.3) is 0 Å². The summed E-state index contributed by atoms with van der Waals surface area (Å²) in [5, 5.41) is 0. The summed E-state index contributed by atoms with van der Waals surface area (Å²) in [6.45, 7) is 4.12. The number of hydrogen-bond donors (Lipinski definition) is 1. The Hall–Kier alpha value is -0.415. The van der Waals surface area contributed by atoms with Crippen LogP contribution in [0, 0.1) is 0 Å². The van der Waals surface area contributed by atoms with Crippen LogP contribution < -0.4 is 5.73 Å². The Labute approximate surface area is 78.0 Å². The first kappa shape index (κ1) is 10.7. The van der Waals surface area contributed by atoms with Gasteiger partial charge in [-0.2, -0.15) is 0 Å². The minimum atomic E-state index is -2.39. The van der Waals surface area contributed by atoms with E-state index in [9.17, 15) is 8.63 Å². The summed E-state index contributed by atoms with van der Waals surface area (Å²) >= 11 is 0. The van der Waals surface area contributed by atoms with Crippen LogP contribution in [-0.4, -0.2) is 30.8 Å². The van der Waals surface area contributed by atoms with Crippen molar-refractivity contribution in [3.8, 4) is 0 Å². The predicted molar refractivity (Wildman–Crippen MR) is 50.5 cm³/mol. The van der Waals surface area contributed by atoms with Crippen LogP contribution in [0.1, 0.15) is 20.3 Å². The Morgan fingerprint density at radius 2 is 2.23 bits per heavy atom. The van der Waals surface area contributed by atoms with E-state index in [1.165, 1.54) is 4.81 Å². The smallest absolute Gasteiger partial charge is 0.330 e. The molecule has 2 nitrogen and oxygen atoms in total. The molecule has 0 aromatic rings. The topological polar surface area (TPSA) is 29.3 Å². The first-order valence-electron chi connectivity index (χ1n) is 4.52. The minimum absolute atomic E-state index is 0.167. The molecule has 5 heteroatoms. The standard InChI is InChI=1S/C8H15BF2N2/c1-6-5-7(2)13(9(10)11)8(6)3-4-12/h5,7-8H,3-4,12H2,1-2H3. The largest absolute Gasteiger partial charge is 0.637 e. The molecule has 1 heterocycles. The van der Waals surface area contributed by atoms with Crippen molar-refractivity contribution in [3.63, 3.8) is 0 Å². The third kappa shape index (κ3) is 2.09. The zero-order chi connectivity index (χ0) is 10.0. The van der Waals surface area contributed by atoms with Gasteiger partial charge in [0.25, 0.3) is 0 Å². The molecule has 0 radical (unpaired) electrons. The minimum Gasteiger partial charge on any atom is -0.330 e. The van der Waals surface area contributed by atoms with Crippen LogP contribution in [0.4, 0.5) is 8.63 Å². The van der Waals surface area contributed by atoms with Gasteiger partial charge in [-0.15, -0.1) is 0 Å². The van der Waals surface area contributed by atoms with E-state index in [0.29, 0.717) is 13.0 Å². The van der Waals surface area contributed by atoms with Crippen LogP contribution >= 0.6 is 0 Å². The van der Waals surface area contributed by atoms with Gasteiger partial charge in [-0.05, 0) is 26.8 Å². The average molecular weight is 188 g/mol. The van der Waals surface area contributed by atoms with Crippen LogP contribution in [-0.2, 0) is 0 Å². The van der Waals surface area contributed by atoms with Crippen molar-refractivity contribution in [2.45, 2.75) is 32.4 Å². The van der Waals surface area contributed by atoms with Gasteiger partial charge in [0.05, 0.1) is 0 Å². The Bertz CT molecular complexity index is 208. The second-order valence-electron chi connectivity index (χ2n) is 3.47. The summed E-state index contributed by atoms with van der Waals surface area (Å²) in [6, 6.07) is -0.337. The van der Waals surface area contributed by atoms with Gasteiger partial charge >= 0.3 is 7.40 Å². The zero-order valence-electron chi connectivity index (χ0n) is 8.00. The maximum Gasteiger partial charge on any atom is 0.637 e. The lowest BCUT2D eigenvalue weighted by Gasteiger charge is -2.26. The molecule has 13 heavy (non-hydrogen) atoms. The van der Waals surface area contributed by atoms with Gasteiger partial charge in [0.15, 0.2) is 0 Å². The van der Waals surface area contributed by atoms with Crippen molar-refractivity contribution in [2.24, 2.45) is 5.73 Å². The van der Waals surface area contributed by atoms with Gasteiger partial charge in [0.2, 0.25) is 0 Å². The molecule has 1 rings (SSSR count). The Kier molecular flexibility index (Phi) is 3.44. The van der Waals surface area contributed by atoms with Gasteiger partial charge in [0.1, 0.15) is 0 Å². The van der Waals surface area contributed by atoms with Crippen molar-refractivity contribution >= 4 is 7.40 Å². The highest BCUT2D eigenvalue weighted by Gasteiger charge is 2.39. The first-order chi connectivity index (χ1) is 6.07. The molecule has 0 saturated carbocycles. The molecule has 0 saturated heterocycles. The Morgan fingerprint density at radius 3 is 2.69 bits per heavy atom. The molecule has 1 aliphatic rings. The van der Waals surface area contributed by atoms with Crippen molar-refractivity contribution in [3.05, 3.63) is 11.6 Å². The second-order valence-corrected chi connectivity index (χ2v) is 3.47. The molecule has 0 aromatic heterocycles. The molecule has 2 N–H and O–H groups in total. The number of nitrogens with zero attached hydrogens (tertiary/aromatic N) is 1. The molecule has 74 valence electrons. The van der Waals surface area contributed by atoms with Crippen LogP contribution in [0.15, 0.2) is 11.6 Å². The predicted octanol–water partition coefficient (Wildman–Crippen LogP) is 1.28. The highest BCUT2D eigenvalue weighted by atomic mass is 19.2. The van der Waals surface area contributed by atoms with Gasteiger partial charge < -0.3 is 5.73 Å². The van der Waals surface area contributed by atoms with E-state index in [-0.39, 0.29) is 12.1 Å². The van der Waals surface area contributed by atoms with E-state index < -0.39 is 7.40 Å². The third-order valence-electron chi connectivity index (χ3n) is 2.53. The molecule has 0 aromatic carbocycles. The van der Waals surface area contributed by atoms with E-state index in [0.717, 1.165) is 5.57 Å². The summed E-state index contributed by atoms with van der Waals surface area (Å²) in [5.74, 6) is 0. The summed E-state index contributed by atoms with van der Waals surface area (Å²) < 4.78 is 25.2. The van der Waals surface area contributed by atoms with Crippen molar-refractivity contribution in [2.75, 3.05) is 6.54 Å². The van der Waals surface area contributed by atoms with E-state index >= 15 is 0 Å². The number of halogens is 2. The maximum absolute atomic E-state index is 12.6. The average Bonchev–Trinajstić information content (AvgIpc) is 2.27. The van der Waals surface area contributed by atoms with Crippen molar-refractivity contribution in [1.82, 2.24) is 4.81 Å². The number of hydrogen-bond acceptors (Lipinski definition) is 2. The lowest BCUT2D eigenvalue weighted by Crippen LogP contribution is -2.44. The van der Waals surface area contributed by atoms with E-state index in [1.54, 1.807) is 6.92 Å². The second kappa shape index (κ2) is 4.20. The molecular formula is C8H15BF2N2. The third-order valence-corrected chi connectivity index (χ3v) is 2.53. The maximum atomic E-state index is 12.6. The molecule has 0 bridgehead atoms. The lowest BCUT2D eigenvalue weighted by atomic mass is 10.0. The quantitative estimate of drug-likeness (QED) is 0.533. The molecular weight excluding hydrogens is 173 g/mol. The van der Waals surface area contributed by atoms with Crippen LogP contribution in [0.3, 0.4) is 0 Å². The normalized spacial score (nSPS) is 29.2. The summed E-state index contributed by atoms with van der Waals surface area (Å²) in [4.78, 5) is 1.21. The lowest BCUT2D eigenvalue weighted by molar-refractivity contribution is 0.292. The fraction of sp³-hybridized carbons (Fsp3) is 0.750. The summed E-state index contributed by atoms with van der Waals surface area (Å²) in [6.07, 6.45) is 2.49. The first-order valence-corrected chi connectivity index (χ1v) is 4.52. The Balaban J connectivity index is 2.72. The summed E-state index contributed by atoms with van der Waals surface area (Å²) in [5.41, 5.74) is 6.39. The molecule has 0 amide bonds. The van der Waals surface area contributed by atoms with Gasteiger partial charge in [-0.3, -0.25) is 13.4 Å². The molecule has 1 aliphatic heterocycles. The van der Waals surface area contributed by atoms with Crippen molar-refractivity contribution < 1.29 is 8.63 Å². The van der Waals surface area contributed by atoms with E-state index in [4.69, 9.17) is 5.73 Å². The van der Waals surface area contributed by atoms with Crippen LogP contribution in [0.5, 0.6) is 0 Å². The number of rotatable bonds is 3. The number of nitrogens with two attached hydrogens (primary N) is 1. The molecule has 2 unspecified atom stereocenters. The molecule has 0 fully saturated rings.